The molecule has 1 saturated heterocycles. The van der Waals surface area contributed by atoms with E-state index in [4.69, 9.17) is 0 Å². The number of piperidine rings is 1. The van der Waals surface area contributed by atoms with E-state index in [0.29, 0.717) is 23.7 Å². The fourth-order valence-electron chi connectivity index (χ4n) is 4.48. The number of para-hydroxylation sites is 1. The number of hydrogen-bond donors (Lipinski definition) is 0. The Bertz CT molecular complexity index is 1200. The molecule has 0 atom stereocenters. The van der Waals surface area contributed by atoms with Crippen LogP contribution in [0.4, 0.5) is 11.5 Å². The maximum Gasteiger partial charge on any atom is 0.243 e. The third kappa shape index (κ3) is 3.72. The van der Waals surface area contributed by atoms with Gasteiger partial charge in [-0.2, -0.15) is 4.31 Å². The highest BCUT2D eigenvalue weighted by Crippen LogP contribution is 2.34. The van der Waals surface area contributed by atoms with Crippen LogP contribution < -0.4 is 4.90 Å². The maximum atomic E-state index is 13.2. The van der Waals surface area contributed by atoms with Gasteiger partial charge < -0.3 is 4.90 Å². The first-order valence-electron chi connectivity index (χ1n) is 10.8. The highest BCUT2D eigenvalue weighted by atomic mass is 32.2. The maximum absolute atomic E-state index is 13.2. The predicted octanol–water partition coefficient (Wildman–Crippen LogP) is 4.32. The van der Waals surface area contributed by atoms with Gasteiger partial charge >= 0.3 is 0 Å². The van der Waals surface area contributed by atoms with Crippen molar-refractivity contribution in [1.82, 2.24) is 14.5 Å². The summed E-state index contributed by atoms with van der Waals surface area (Å²) >= 11 is 0. The number of benzene rings is 2. The van der Waals surface area contributed by atoms with Crippen molar-refractivity contribution in [2.75, 3.05) is 24.5 Å². The fraction of sp³-hybridized carbons (Fsp3) is 0.333. The zero-order chi connectivity index (χ0) is 21.4. The quantitative estimate of drug-likeness (QED) is 0.612. The molecule has 0 spiro atoms. The second kappa shape index (κ2) is 8.05. The molecule has 2 aromatic carbocycles. The lowest BCUT2D eigenvalue weighted by Crippen LogP contribution is -2.35. The van der Waals surface area contributed by atoms with Crippen molar-refractivity contribution in [3.8, 4) is 11.3 Å². The van der Waals surface area contributed by atoms with E-state index in [0.717, 1.165) is 49.2 Å². The standard InChI is InChI=1S/C24H26N4O2S/c1-18-9-10-20(17-23(18)31(29,30)27-14-5-2-6-15-27)21-11-12-24(26-25-21)28-16-13-19-7-3-4-8-22(19)28/h3-4,7-12,17H,2,5-6,13-16H2,1H3. The van der Waals surface area contributed by atoms with E-state index in [-0.39, 0.29) is 0 Å². The van der Waals surface area contributed by atoms with Crippen LogP contribution in [0.15, 0.2) is 59.5 Å². The Labute approximate surface area is 183 Å². The molecule has 0 saturated carbocycles. The summed E-state index contributed by atoms with van der Waals surface area (Å²) in [6.45, 7) is 3.92. The molecule has 0 unspecified atom stereocenters. The number of fused-ring (bicyclic) bond motifs is 1. The van der Waals surface area contributed by atoms with Crippen LogP contribution in [0.5, 0.6) is 0 Å². The molecule has 0 N–H and O–H groups in total. The number of aryl methyl sites for hydroxylation is 1. The molecule has 0 bridgehead atoms. The molecule has 3 heterocycles. The van der Waals surface area contributed by atoms with Gasteiger partial charge in [0.1, 0.15) is 0 Å². The number of aromatic nitrogens is 2. The Hall–Kier alpha value is -2.77. The van der Waals surface area contributed by atoms with Crippen LogP contribution in [0, 0.1) is 6.92 Å². The molecule has 160 valence electrons. The van der Waals surface area contributed by atoms with Crippen molar-refractivity contribution in [1.29, 1.82) is 0 Å². The van der Waals surface area contributed by atoms with E-state index in [2.05, 4.69) is 33.3 Å². The van der Waals surface area contributed by atoms with Gasteiger partial charge in [-0.15, -0.1) is 10.2 Å². The van der Waals surface area contributed by atoms with Crippen LogP contribution in [-0.2, 0) is 16.4 Å². The summed E-state index contributed by atoms with van der Waals surface area (Å²) in [7, 11) is -3.50. The summed E-state index contributed by atoms with van der Waals surface area (Å²) in [5.41, 5.74) is 4.69. The van der Waals surface area contributed by atoms with E-state index >= 15 is 0 Å². The first kappa shape index (κ1) is 20.2. The molecule has 31 heavy (non-hydrogen) atoms. The van der Waals surface area contributed by atoms with Crippen LogP contribution in [-0.4, -0.2) is 42.6 Å². The number of nitrogens with zero attached hydrogens (tertiary/aromatic N) is 4. The van der Waals surface area contributed by atoms with Gasteiger partial charge in [0.25, 0.3) is 0 Å². The van der Waals surface area contributed by atoms with Crippen molar-refractivity contribution in [3.05, 3.63) is 65.7 Å². The minimum absolute atomic E-state index is 0.367. The highest BCUT2D eigenvalue weighted by Gasteiger charge is 2.28. The molecular formula is C24H26N4O2S. The van der Waals surface area contributed by atoms with Crippen LogP contribution in [0.25, 0.3) is 11.3 Å². The molecule has 6 nitrogen and oxygen atoms in total. The van der Waals surface area contributed by atoms with E-state index in [1.807, 2.05) is 37.3 Å². The zero-order valence-corrected chi connectivity index (χ0v) is 18.5. The molecule has 3 aromatic rings. The molecule has 2 aliphatic heterocycles. The van der Waals surface area contributed by atoms with Crippen molar-refractivity contribution in [2.24, 2.45) is 0 Å². The summed E-state index contributed by atoms with van der Waals surface area (Å²) in [5.74, 6) is 0.807. The lowest BCUT2D eigenvalue weighted by Gasteiger charge is -2.26. The largest absolute Gasteiger partial charge is 0.324 e. The van der Waals surface area contributed by atoms with E-state index < -0.39 is 10.0 Å². The Kier molecular flexibility index (Phi) is 5.24. The number of rotatable bonds is 4. The van der Waals surface area contributed by atoms with Gasteiger partial charge in [-0.05, 0) is 61.6 Å². The van der Waals surface area contributed by atoms with Gasteiger partial charge in [0.2, 0.25) is 10.0 Å². The molecule has 7 heteroatoms. The predicted molar refractivity (Wildman–Crippen MR) is 122 cm³/mol. The normalized spacial score (nSPS) is 17.0. The summed E-state index contributed by atoms with van der Waals surface area (Å²) in [6.07, 6.45) is 3.93. The molecule has 2 aliphatic rings. The lowest BCUT2D eigenvalue weighted by molar-refractivity contribution is 0.346. The van der Waals surface area contributed by atoms with Crippen molar-refractivity contribution in [2.45, 2.75) is 37.5 Å². The summed E-state index contributed by atoms with van der Waals surface area (Å²) < 4.78 is 28.1. The molecule has 5 rings (SSSR count). The van der Waals surface area contributed by atoms with Gasteiger partial charge in [-0.25, -0.2) is 8.42 Å². The lowest BCUT2D eigenvalue weighted by atomic mass is 10.1. The SMILES string of the molecule is Cc1ccc(-c2ccc(N3CCc4ccccc43)nn2)cc1S(=O)(=O)N1CCCCC1. The van der Waals surface area contributed by atoms with Gasteiger partial charge in [-0.3, -0.25) is 0 Å². The Morgan fingerprint density at radius 1 is 0.871 bits per heavy atom. The Morgan fingerprint density at radius 3 is 2.45 bits per heavy atom. The van der Waals surface area contributed by atoms with E-state index in [9.17, 15) is 8.42 Å². The van der Waals surface area contributed by atoms with Crippen LogP contribution in [0.3, 0.4) is 0 Å². The zero-order valence-electron chi connectivity index (χ0n) is 17.7. The number of hydrogen-bond acceptors (Lipinski definition) is 5. The van der Waals surface area contributed by atoms with E-state index in [1.165, 1.54) is 11.3 Å². The number of anilines is 2. The number of sulfonamides is 1. The highest BCUT2D eigenvalue weighted by molar-refractivity contribution is 7.89. The minimum Gasteiger partial charge on any atom is -0.324 e. The van der Waals surface area contributed by atoms with Crippen molar-refractivity contribution >= 4 is 21.5 Å². The van der Waals surface area contributed by atoms with Crippen molar-refractivity contribution < 1.29 is 8.42 Å². The van der Waals surface area contributed by atoms with Crippen molar-refractivity contribution in [3.63, 3.8) is 0 Å². The first-order valence-corrected chi connectivity index (χ1v) is 12.3. The molecular weight excluding hydrogens is 408 g/mol. The topological polar surface area (TPSA) is 66.4 Å². The molecule has 1 fully saturated rings. The molecule has 0 radical (unpaired) electrons. The Balaban J connectivity index is 1.44. The second-order valence-electron chi connectivity index (χ2n) is 8.25. The fourth-order valence-corrected chi connectivity index (χ4v) is 6.25. The van der Waals surface area contributed by atoms with Gasteiger partial charge in [0.05, 0.1) is 10.6 Å². The van der Waals surface area contributed by atoms with Crippen LogP contribution in [0.1, 0.15) is 30.4 Å². The average Bonchev–Trinajstić information content (AvgIpc) is 3.24. The van der Waals surface area contributed by atoms with Crippen LogP contribution in [0.2, 0.25) is 0 Å². The second-order valence-corrected chi connectivity index (χ2v) is 10.2. The minimum atomic E-state index is -3.50. The molecule has 0 aliphatic carbocycles. The van der Waals surface area contributed by atoms with Crippen LogP contribution >= 0.6 is 0 Å². The van der Waals surface area contributed by atoms with Gasteiger partial charge in [0, 0.05) is 30.9 Å². The molecule has 1 aromatic heterocycles. The first-order chi connectivity index (χ1) is 15.0. The summed E-state index contributed by atoms with van der Waals surface area (Å²) in [6, 6.07) is 17.8. The summed E-state index contributed by atoms with van der Waals surface area (Å²) in [4.78, 5) is 2.54. The molecule has 0 amide bonds. The van der Waals surface area contributed by atoms with Gasteiger partial charge in [0.15, 0.2) is 5.82 Å². The van der Waals surface area contributed by atoms with E-state index in [1.54, 1.807) is 10.4 Å². The average molecular weight is 435 g/mol. The Morgan fingerprint density at radius 2 is 1.68 bits per heavy atom. The van der Waals surface area contributed by atoms with Gasteiger partial charge in [-0.1, -0.05) is 36.8 Å². The third-order valence-electron chi connectivity index (χ3n) is 6.23. The smallest absolute Gasteiger partial charge is 0.243 e. The third-order valence-corrected chi connectivity index (χ3v) is 8.27. The monoisotopic (exact) mass is 434 g/mol. The summed E-state index contributed by atoms with van der Waals surface area (Å²) in [5, 5.41) is 8.89.